The van der Waals surface area contributed by atoms with Crippen LogP contribution in [0.4, 0.5) is 0 Å². The van der Waals surface area contributed by atoms with Gasteiger partial charge < -0.3 is 4.74 Å². The number of rotatable bonds is 5. The van der Waals surface area contributed by atoms with E-state index in [1.807, 2.05) is 36.4 Å². The summed E-state index contributed by atoms with van der Waals surface area (Å²) >= 11 is 0. The lowest BCUT2D eigenvalue weighted by molar-refractivity contribution is 0.262. The van der Waals surface area contributed by atoms with Crippen LogP contribution in [0.1, 0.15) is 58.4 Å². The molecule has 1 aliphatic rings. The summed E-state index contributed by atoms with van der Waals surface area (Å²) in [6.07, 6.45) is 14.7. The quantitative estimate of drug-likeness (QED) is 0.262. The first-order chi connectivity index (χ1) is 17.6. The molecule has 0 saturated carbocycles. The molecule has 0 aliphatic carbocycles. The molecule has 0 radical (unpaired) electrons. The summed E-state index contributed by atoms with van der Waals surface area (Å²) in [5.74, 6) is 3.67. The summed E-state index contributed by atoms with van der Waals surface area (Å²) in [7, 11) is 0. The van der Waals surface area contributed by atoms with E-state index in [-0.39, 0.29) is 10.8 Å². The van der Waals surface area contributed by atoms with E-state index in [2.05, 4.69) is 120 Å². The Kier molecular flexibility index (Phi) is 7.78. The predicted molar refractivity (Wildman–Crippen MR) is 157 cm³/mol. The molecule has 3 aromatic rings. The highest BCUT2D eigenvalue weighted by molar-refractivity contribution is 5.67. The van der Waals surface area contributed by atoms with E-state index in [0.29, 0.717) is 0 Å². The average molecular weight is 490 g/mol. The normalized spacial score (nSPS) is 15.7. The molecule has 0 unspecified atom stereocenters. The Morgan fingerprint density at radius 3 is 1.95 bits per heavy atom. The molecule has 0 fully saturated rings. The topological polar surface area (TPSA) is 20.5 Å². The van der Waals surface area contributed by atoms with E-state index in [0.717, 1.165) is 45.3 Å². The predicted octanol–water partition coefficient (Wildman–Crippen LogP) is 10.0. The Balaban J connectivity index is 1.59. The lowest BCUT2D eigenvalue weighted by atomic mass is 9.90. The summed E-state index contributed by atoms with van der Waals surface area (Å²) in [5.41, 5.74) is 4.20. The molecule has 2 heteroatoms. The standard InChI is InChI=1S/C35H37O2/c1-34(2,3)32-24-26(22-30(36-32)28-18-12-8-13-19-28)16-10-7-11-17-27-23-31(29-20-14-9-15-21-29)37-33(25-27)35(4,5)6/h7-25H,1-6H3/q+1. The van der Waals surface area contributed by atoms with Gasteiger partial charge in [0.05, 0.1) is 17.0 Å². The fraction of sp³-hybridized carbons (Fsp3) is 0.229. The van der Waals surface area contributed by atoms with Gasteiger partial charge in [0, 0.05) is 17.0 Å². The second kappa shape index (κ2) is 11.0. The Morgan fingerprint density at radius 1 is 0.676 bits per heavy atom. The van der Waals surface area contributed by atoms with Gasteiger partial charge in [-0.05, 0) is 56.2 Å². The maximum atomic E-state index is 6.27. The molecule has 1 aliphatic heterocycles. The van der Waals surface area contributed by atoms with Crippen molar-refractivity contribution >= 4 is 11.8 Å². The van der Waals surface area contributed by atoms with Crippen molar-refractivity contribution in [2.24, 2.45) is 5.41 Å². The van der Waals surface area contributed by atoms with Gasteiger partial charge in [0.15, 0.2) is 0 Å². The van der Waals surface area contributed by atoms with Gasteiger partial charge in [-0.3, -0.25) is 0 Å². The van der Waals surface area contributed by atoms with Crippen LogP contribution in [-0.2, 0) is 10.2 Å². The minimum Gasteiger partial charge on any atom is -0.461 e. The van der Waals surface area contributed by atoms with Crippen molar-refractivity contribution in [1.29, 1.82) is 0 Å². The van der Waals surface area contributed by atoms with Gasteiger partial charge in [-0.1, -0.05) is 99.7 Å². The largest absolute Gasteiger partial charge is 0.461 e. The lowest BCUT2D eigenvalue weighted by Crippen LogP contribution is -2.14. The third-order valence-corrected chi connectivity index (χ3v) is 6.03. The van der Waals surface area contributed by atoms with E-state index >= 15 is 0 Å². The van der Waals surface area contributed by atoms with Gasteiger partial charge in [-0.2, -0.15) is 0 Å². The molecule has 0 N–H and O–H groups in total. The molecule has 2 nitrogen and oxygen atoms in total. The maximum Gasteiger partial charge on any atom is 0.360 e. The fourth-order valence-corrected chi connectivity index (χ4v) is 3.86. The second-order valence-corrected chi connectivity index (χ2v) is 11.4. The number of ether oxygens (including phenoxy) is 1. The van der Waals surface area contributed by atoms with Crippen LogP contribution in [0.3, 0.4) is 0 Å². The van der Waals surface area contributed by atoms with Gasteiger partial charge in [-0.25, -0.2) is 4.42 Å². The molecule has 0 amide bonds. The lowest BCUT2D eigenvalue weighted by Gasteiger charge is -2.27. The summed E-state index contributed by atoms with van der Waals surface area (Å²) in [5, 5.41) is 0. The minimum atomic E-state index is -0.0867. The molecule has 37 heavy (non-hydrogen) atoms. The minimum absolute atomic E-state index is 0.0867. The van der Waals surface area contributed by atoms with E-state index in [1.165, 1.54) is 0 Å². The molecule has 0 spiro atoms. The van der Waals surface area contributed by atoms with Crippen molar-refractivity contribution in [2.75, 3.05) is 0 Å². The van der Waals surface area contributed by atoms with Gasteiger partial charge >= 0.3 is 11.5 Å². The van der Waals surface area contributed by atoms with Crippen molar-refractivity contribution in [3.05, 3.63) is 137 Å². The summed E-state index contributed by atoms with van der Waals surface area (Å²) in [6, 6.07) is 24.7. The molecule has 1 aromatic heterocycles. The highest BCUT2D eigenvalue weighted by Gasteiger charge is 2.29. The SMILES string of the molecule is CC(C)(C)C1=C\C(=C/C=C/C=C/c2cc(-c3ccccc3)[o+]c(C(C)(C)C)c2)C=C(c2ccccc2)O1. The highest BCUT2D eigenvalue weighted by Crippen LogP contribution is 2.36. The van der Waals surface area contributed by atoms with Crippen molar-refractivity contribution < 1.29 is 9.15 Å². The molecule has 2 heterocycles. The van der Waals surface area contributed by atoms with Gasteiger partial charge in [0.2, 0.25) is 0 Å². The summed E-state index contributed by atoms with van der Waals surface area (Å²) < 4.78 is 12.5. The first kappa shape index (κ1) is 26.2. The number of benzene rings is 2. The fourth-order valence-electron chi connectivity index (χ4n) is 3.86. The Morgan fingerprint density at radius 2 is 1.32 bits per heavy atom. The average Bonchev–Trinajstić information content (AvgIpc) is 2.88. The van der Waals surface area contributed by atoms with Crippen LogP contribution in [0.15, 0.2) is 125 Å². The van der Waals surface area contributed by atoms with Crippen LogP contribution in [0.5, 0.6) is 0 Å². The second-order valence-electron chi connectivity index (χ2n) is 11.4. The monoisotopic (exact) mass is 489 g/mol. The first-order valence-corrected chi connectivity index (χ1v) is 12.9. The van der Waals surface area contributed by atoms with E-state index in [9.17, 15) is 0 Å². The zero-order valence-electron chi connectivity index (χ0n) is 22.8. The van der Waals surface area contributed by atoms with Gasteiger partial charge in [0.25, 0.3) is 0 Å². The number of hydrogen-bond acceptors (Lipinski definition) is 1. The zero-order chi connectivity index (χ0) is 26.5. The van der Waals surface area contributed by atoms with Crippen molar-refractivity contribution in [1.82, 2.24) is 0 Å². The van der Waals surface area contributed by atoms with E-state index in [1.54, 1.807) is 0 Å². The van der Waals surface area contributed by atoms with E-state index < -0.39 is 0 Å². The molecule has 188 valence electrons. The van der Waals surface area contributed by atoms with Crippen LogP contribution in [0, 0.1) is 5.41 Å². The molecule has 0 bridgehead atoms. The van der Waals surface area contributed by atoms with Crippen LogP contribution < -0.4 is 0 Å². The van der Waals surface area contributed by atoms with E-state index in [4.69, 9.17) is 9.15 Å². The summed E-state index contributed by atoms with van der Waals surface area (Å²) in [6.45, 7) is 13.0. The third-order valence-electron chi connectivity index (χ3n) is 6.03. The first-order valence-electron chi connectivity index (χ1n) is 12.9. The third kappa shape index (κ3) is 7.07. The number of allylic oxidation sites excluding steroid dienone is 8. The van der Waals surface area contributed by atoms with Crippen LogP contribution in [0.2, 0.25) is 0 Å². The Bertz CT molecular complexity index is 1370. The molecule has 0 saturated heterocycles. The maximum absolute atomic E-state index is 6.27. The summed E-state index contributed by atoms with van der Waals surface area (Å²) in [4.78, 5) is 0. The highest BCUT2D eigenvalue weighted by atomic mass is 16.5. The molecule has 2 aromatic carbocycles. The van der Waals surface area contributed by atoms with Crippen LogP contribution in [0.25, 0.3) is 23.2 Å². The van der Waals surface area contributed by atoms with Crippen LogP contribution >= 0.6 is 0 Å². The van der Waals surface area contributed by atoms with Crippen molar-refractivity contribution in [2.45, 2.75) is 47.0 Å². The van der Waals surface area contributed by atoms with Crippen molar-refractivity contribution in [3.8, 4) is 11.3 Å². The molecular weight excluding hydrogens is 452 g/mol. The smallest absolute Gasteiger partial charge is 0.360 e. The molecular formula is C35H37O2+. The van der Waals surface area contributed by atoms with Gasteiger partial charge in [-0.15, -0.1) is 0 Å². The number of hydrogen-bond donors (Lipinski definition) is 0. The molecule has 4 rings (SSSR count). The Labute approximate surface area is 222 Å². The van der Waals surface area contributed by atoms with Crippen molar-refractivity contribution in [3.63, 3.8) is 0 Å². The van der Waals surface area contributed by atoms with Crippen LogP contribution in [-0.4, -0.2) is 0 Å². The Hall–Kier alpha value is -3.91. The molecule has 0 atom stereocenters. The zero-order valence-corrected chi connectivity index (χ0v) is 22.8. The van der Waals surface area contributed by atoms with Gasteiger partial charge in [0.1, 0.15) is 11.5 Å².